The summed E-state index contributed by atoms with van der Waals surface area (Å²) < 4.78 is 6.47. The highest BCUT2D eigenvalue weighted by Crippen LogP contribution is 2.40. The van der Waals surface area contributed by atoms with E-state index in [1.807, 2.05) is 0 Å². The molecule has 1 saturated heterocycles. The van der Waals surface area contributed by atoms with E-state index in [1.54, 1.807) is 0 Å². The number of likely N-dealkylation sites (tertiary alicyclic amines) is 1. The van der Waals surface area contributed by atoms with E-state index < -0.39 is 0 Å². The van der Waals surface area contributed by atoms with E-state index in [0.717, 1.165) is 25.7 Å². The fourth-order valence-electron chi connectivity index (χ4n) is 3.18. The van der Waals surface area contributed by atoms with Crippen LogP contribution in [0.25, 0.3) is 0 Å². The molecular formula is C16H33NO. The third kappa shape index (κ3) is 3.27. The molecule has 1 fully saturated rings. The molecule has 0 N–H and O–H groups in total. The Bertz CT molecular complexity index is 261. The largest absolute Gasteiger partial charge is 0.372 e. The quantitative estimate of drug-likeness (QED) is 0.745. The average Bonchev–Trinajstić information content (AvgIpc) is 2.25. The van der Waals surface area contributed by atoms with Crippen LogP contribution in [0.1, 0.15) is 74.1 Å². The molecule has 0 atom stereocenters. The highest BCUT2D eigenvalue weighted by atomic mass is 16.5. The van der Waals surface area contributed by atoms with Gasteiger partial charge < -0.3 is 4.74 Å². The van der Waals surface area contributed by atoms with Crippen LogP contribution in [-0.2, 0) is 4.74 Å². The van der Waals surface area contributed by atoms with Crippen molar-refractivity contribution in [2.45, 2.75) is 96.9 Å². The van der Waals surface area contributed by atoms with Gasteiger partial charge in [0.15, 0.2) is 0 Å². The molecule has 1 aliphatic rings. The minimum atomic E-state index is 0.0484. The van der Waals surface area contributed by atoms with Gasteiger partial charge in [0.25, 0.3) is 0 Å². The topological polar surface area (TPSA) is 12.5 Å². The first-order chi connectivity index (χ1) is 8.06. The van der Waals surface area contributed by atoms with Gasteiger partial charge in [-0.1, -0.05) is 13.8 Å². The van der Waals surface area contributed by atoms with E-state index in [9.17, 15) is 0 Å². The lowest BCUT2D eigenvalue weighted by molar-refractivity contribution is -0.151. The summed E-state index contributed by atoms with van der Waals surface area (Å²) in [7, 11) is 2.25. The van der Waals surface area contributed by atoms with Crippen molar-refractivity contribution in [3.05, 3.63) is 0 Å². The maximum atomic E-state index is 6.47. The first-order valence-electron chi connectivity index (χ1n) is 7.48. The number of piperidine rings is 1. The third-order valence-electron chi connectivity index (χ3n) is 5.22. The smallest absolute Gasteiger partial charge is 0.0653 e. The molecule has 0 unspecified atom stereocenters. The number of hydrogen-bond donors (Lipinski definition) is 0. The molecule has 1 rings (SSSR count). The first-order valence-corrected chi connectivity index (χ1v) is 7.48. The van der Waals surface area contributed by atoms with Crippen LogP contribution in [0.4, 0.5) is 0 Å². The molecule has 0 amide bonds. The zero-order valence-electron chi connectivity index (χ0n) is 13.8. The van der Waals surface area contributed by atoms with Gasteiger partial charge in [-0.25, -0.2) is 0 Å². The van der Waals surface area contributed by atoms with Crippen molar-refractivity contribution in [1.29, 1.82) is 0 Å². The Morgan fingerprint density at radius 1 is 1.06 bits per heavy atom. The van der Waals surface area contributed by atoms with Crippen LogP contribution >= 0.6 is 0 Å². The maximum absolute atomic E-state index is 6.47. The van der Waals surface area contributed by atoms with Crippen LogP contribution in [0.15, 0.2) is 0 Å². The second-order valence-electron chi connectivity index (χ2n) is 7.49. The van der Waals surface area contributed by atoms with E-state index in [4.69, 9.17) is 4.74 Å². The molecule has 0 aliphatic carbocycles. The lowest BCUT2D eigenvalue weighted by Gasteiger charge is -2.54. The van der Waals surface area contributed by atoms with Crippen molar-refractivity contribution in [3.63, 3.8) is 0 Å². The van der Waals surface area contributed by atoms with E-state index >= 15 is 0 Å². The van der Waals surface area contributed by atoms with Gasteiger partial charge in [0.2, 0.25) is 0 Å². The van der Waals surface area contributed by atoms with Crippen molar-refractivity contribution in [1.82, 2.24) is 4.90 Å². The highest BCUT2D eigenvalue weighted by molar-refractivity contribution is 4.99. The molecule has 0 bridgehead atoms. The Labute approximate surface area is 114 Å². The van der Waals surface area contributed by atoms with Crippen molar-refractivity contribution in [2.75, 3.05) is 7.05 Å². The minimum absolute atomic E-state index is 0.0484. The molecule has 0 spiro atoms. The molecule has 108 valence electrons. The van der Waals surface area contributed by atoms with Gasteiger partial charge >= 0.3 is 0 Å². The highest BCUT2D eigenvalue weighted by Gasteiger charge is 2.44. The lowest BCUT2D eigenvalue weighted by atomic mass is 9.78. The summed E-state index contributed by atoms with van der Waals surface area (Å²) in [5, 5.41) is 0. The molecule has 0 saturated carbocycles. The molecule has 0 aromatic heterocycles. The fraction of sp³-hybridized carbons (Fsp3) is 1.00. The van der Waals surface area contributed by atoms with Crippen LogP contribution in [0.2, 0.25) is 0 Å². The van der Waals surface area contributed by atoms with Gasteiger partial charge in [0.1, 0.15) is 0 Å². The molecule has 2 heteroatoms. The van der Waals surface area contributed by atoms with Crippen LogP contribution in [-0.4, -0.2) is 34.7 Å². The number of nitrogens with zero attached hydrogens (tertiary/aromatic N) is 1. The maximum Gasteiger partial charge on any atom is 0.0653 e. The Balaban J connectivity index is 2.81. The zero-order chi connectivity index (χ0) is 14.2. The molecule has 18 heavy (non-hydrogen) atoms. The predicted octanol–water partition coefficient (Wildman–Crippen LogP) is 4.23. The Morgan fingerprint density at radius 2 is 1.44 bits per heavy atom. The van der Waals surface area contributed by atoms with Gasteiger partial charge in [-0.3, -0.25) is 4.90 Å². The van der Waals surface area contributed by atoms with Crippen molar-refractivity contribution < 1.29 is 4.74 Å². The summed E-state index contributed by atoms with van der Waals surface area (Å²) >= 11 is 0. The molecule has 1 heterocycles. The van der Waals surface area contributed by atoms with Crippen LogP contribution < -0.4 is 0 Å². The van der Waals surface area contributed by atoms with E-state index in [0.29, 0.717) is 6.10 Å². The fourth-order valence-corrected chi connectivity index (χ4v) is 3.18. The summed E-state index contributed by atoms with van der Waals surface area (Å²) in [6, 6.07) is 0. The van der Waals surface area contributed by atoms with E-state index in [1.165, 1.54) is 0 Å². The van der Waals surface area contributed by atoms with Crippen molar-refractivity contribution in [2.24, 2.45) is 0 Å². The zero-order valence-corrected chi connectivity index (χ0v) is 13.8. The van der Waals surface area contributed by atoms with Gasteiger partial charge in [-0.15, -0.1) is 0 Å². The summed E-state index contributed by atoms with van der Waals surface area (Å²) in [5.74, 6) is 0. The number of ether oxygens (including phenoxy) is 1. The number of hydrogen-bond acceptors (Lipinski definition) is 2. The SMILES string of the molecule is CCC(C)(CC)OC1CC(C)(C)N(C)C(C)(C)C1. The van der Waals surface area contributed by atoms with Gasteiger partial charge in [-0.05, 0) is 67.3 Å². The predicted molar refractivity (Wildman–Crippen MR) is 79.0 cm³/mol. The molecular weight excluding hydrogens is 222 g/mol. The Morgan fingerprint density at radius 3 is 1.78 bits per heavy atom. The van der Waals surface area contributed by atoms with E-state index in [2.05, 4.69) is 60.4 Å². The normalized spacial score (nSPS) is 25.3. The monoisotopic (exact) mass is 255 g/mol. The van der Waals surface area contributed by atoms with Gasteiger partial charge in [0.05, 0.1) is 11.7 Å². The number of rotatable bonds is 4. The molecule has 2 nitrogen and oxygen atoms in total. The second-order valence-corrected chi connectivity index (χ2v) is 7.49. The molecule has 0 aromatic carbocycles. The summed E-state index contributed by atoms with van der Waals surface area (Å²) in [5.41, 5.74) is 0.482. The Hall–Kier alpha value is -0.0800. The van der Waals surface area contributed by atoms with Crippen molar-refractivity contribution in [3.8, 4) is 0 Å². The lowest BCUT2D eigenvalue weighted by Crippen LogP contribution is -2.61. The first kappa shape index (κ1) is 16.0. The second kappa shape index (κ2) is 5.13. The Kier molecular flexibility index (Phi) is 4.55. The molecule has 0 radical (unpaired) electrons. The standard InChI is InChI=1S/C16H33NO/c1-9-16(7,10-2)18-13-11-14(3,4)17(8)15(5,6)12-13/h13H,9-12H2,1-8H3. The van der Waals surface area contributed by atoms with Crippen molar-refractivity contribution >= 4 is 0 Å². The molecule has 0 aromatic rings. The average molecular weight is 255 g/mol. The van der Waals surface area contributed by atoms with Crippen LogP contribution in [0.5, 0.6) is 0 Å². The summed E-state index contributed by atoms with van der Waals surface area (Å²) in [4.78, 5) is 2.51. The minimum Gasteiger partial charge on any atom is -0.372 e. The molecule has 1 aliphatic heterocycles. The van der Waals surface area contributed by atoms with Gasteiger partial charge in [-0.2, -0.15) is 0 Å². The van der Waals surface area contributed by atoms with Gasteiger partial charge in [0, 0.05) is 11.1 Å². The summed E-state index contributed by atoms with van der Waals surface area (Å²) in [6.45, 7) is 16.0. The third-order valence-corrected chi connectivity index (χ3v) is 5.22. The summed E-state index contributed by atoms with van der Waals surface area (Å²) in [6.07, 6.45) is 4.83. The van der Waals surface area contributed by atoms with E-state index in [-0.39, 0.29) is 16.7 Å². The van der Waals surface area contributed by atoms with Crippen LogP contribution in [0.3, 0.4) is 0 Å². The van der Waals surface area contributed by atoms with Crippen LogP contribution in [0, 0.1) is 0 Å².